The molecule has 0 amide bonds. The van der Waals surface area contributed by atoms with Gasteiger partial charge in [0.05, 0.1) is 5.60 Å². The van der Waals surface area contributed by atoms with Crippen molar-refractivity contribution in [2.24, 2.45) is 11.3 Å². The molecule has 0 heterocycles. The molecule has 0 aromatic carbocycles. The molecular weight excluding hydrogens is 186 g/mol. The lowest BCUT2D eigenvalue weighted by Gasteiger charge is -2.42. The Morgan fingerprint density at radius 2 is 1.87 bits per heavy atom. The molecule has 0 spiro atoms. The first kappa shape index (κ1) is 11.4. The summed E-state index contributed by atoms with van der Waals surface area (Å²) in [5, 5.41) is 10.9. The van der Waals surface area contributed by atoms with Gasteiger partial charge in [0.15, 0.2) is 0 Å². The highest BCUT2D eigenvalue weighted by Crippen LogP contribution is 2.61. The Kier molecular flexibility index (Phi) is 2.63. The van der Waals surface area contributed by atoms with Gasteiger partial charge in [0.25, 0.3) is 0 Å². The molecule has 15 heavy (non-hydrogen) atoms. The summed E-state index contributed by atoms with van der Waals surface area (Å²) in [7, 11) is 0. The zero-order valence-corrected chi connectivity index (χ0v) is 10.6. The van der Waals surface area contributed by atoms with Crippen LogP contribution in [0.4, 0.5) is 0 Å². The molecule has 0 aromatic heterocycles. The average Bonchev–Trinajstić information content (AvgIpc) is 2.52. The fourth-order valence-electron chi connectivity index (χ4n) is 4.02. The van der Waals surface area contributed by atoms with Gasteiger partial charge < -0.3 is 5.11 Å². The van der Waals surface area contributed by atoms with Gasteiger partial charge in [-0.15, -0.1) is 0 Å². The summed E-state index contributed by atoms with van der Waals surface area (Å²) >= 11 is 0. The van der Waals surface area contributed by atoms with Gasteiger partial charge in [-0.2, -0.15) is 0 Å². The molecule has 88 valence electrons. The van der Waals surface area contributed by atoms with Crippen molar-refractivity contribution < 1.29 is 5.11 Å². The minimum absolute atomic E-state index is 0.125. The van der Waals surface area contributed by atoms with Gasteiger partial charge in [0, 0.05) is 6.04 Å². The van der Waals surface area contributed by atoms with Gasteiger partial charge in [-0.3, -0.25) is 4.90 Å². The normalized spacial score (nSPS) is 42.8. The van der Waals surface area contributed by atoms with Crippen LogP contribution in [0, 0.1) is 11.3 Å². The van der Waals surface area contributed by atoms with Gasteiger partial charge in [-0.25, -0.2) is 0 Å². The first-order chi connectivity index (χ1) is 6.97. The molecular formula is C13H25NO. The fraction of sp³-hybridized carbons (Fsp3) is 1.00. The smallest absolute Gasteiger partial charge is 0.0855 e. The van der Waals surface area contributed by atoms with E-state index in [0.717, 1.165) is 25.4 Å². The quantitative estimate of drug-likeness (QED) is 0.774. The lowest BCUT2D eigenvalue weighted by molar-refractivity contribution is -0.0805. The zero-order valence-electron chi connectivity index (χ0n) is 10.6. The van der Waals surface area contributed by atoms with Crippen molar-refractivity contribution in [1.29, 1.82) is 0 Å². The Labute approximate surface area is 93.7 Å². The molecule has 0 radical (unpaired) electrons. The molecule has 0 aliphatic heterocycles. The molecule has 0 aromatic rings. The van der Waals surface area contributed by atoms with Crippen LogP contribution in [0.15, 0.2) is 0 Å². The van der Waals surface area contributed by atoms with Crippen molar-refractivity contribution in [2.45, 2.75) is 58.6 Å². The molecule has 3 atom stereocenters. The van der Waals surface area contributed by atoms with E-state index in [0.29, 0.717) is 6.04 Å². The van der Waals surface area contributed by atoms with Crippen molar-refractivity contribution in [2.75, 3.05) is 13.1 Å². The Hall–Kier alpha value is -0.0800. The Morgan fingerprint density at radius 1 is 1.27 bits per heavy atom. The van der Waals surface area contributed by atoms with Crippen LogP contribution < -0.4 is 0 Å². The number of hydrogen-bond donors (Lipinski definition) is 1. The van der Waals surface area contributed by atoms with E-state index in [-0.39, 0.29) is 5.41 Å². The van der Waals surface area contributed by atoms with Crippen molar-refractivity contribution >= 4 is 0 Å². The van der Waals surface area contributed by atoms with Crippen LogP contribution in [-0.2, 0) is 0 Å². The SMILES string of the molecule is CCN(CC)C1CC2CCC1(O)C2(C)C. The number of aliphatic hydroxyl groups is 1. The lowest BCUT2D eigenvalue weighted by Crippen LogP contribution is -2.54. The summed E-state index contributed by atoms with van der Waals surface area (Å²) < 4.78 is 0. The van der Waals surface area contributed by atoms with Crippen LogP contribution in [0.2, 0.25) is 0 Å². The summed E-state index contributed by atoms with van der Waals surface area (Å²) in [5.41, 5.74) is -0.302. The highest BCUT2D eigenvalue weighted by Gasteiger charge is 2.64. The second kappa shape index (κ2) is 3.46. The van der Waals surface area contributed by atoms with Crippen molar-refractivity contribution in [3.63, 3.8) is 0 Å². The monoisotopic (exact) mass is 211 g/mol. The predicted octanol–water partition coefficient (Wildman–Crippen LogP) is 2.27. The number of fused-ring (bicyclic) bond motifs is 2. The Bertz CT molecular complexity index is 247. The summed E-state index contributed by atoms with van der Waals surface area (Å²) in [6.07, 6.45) is 3.43. The van der Waals surface area contributed by atoms with E-state index < -0.39 is 5.60 Å². The highest BCUT2D eigenvalue weighted by molar-refractivity contribution is 5.16. The molecule has 2 fully saturated rings. The van der Waals surface area contributed by atoms with Gasteiger partial charge in [0.1, 0.15) is 0 Å². The van der Waals surface area contributed by atoms with Gasteiger partial charge in [-0.05, 0) is 43.7 Å². The van der Waals surface area contributed by atoms with Crippen LogP contribution >= 0.6 is 0 Å². The van der Waals surface area contributed by atoms with Crippen molar-refractivity contribution in [1.82, 2.24) is 4.90 Å². The maximum atomic E-state index is 10.9. The molecule has 2 saturated carbocycles. The Balaban J connectivity index is 2.25. The van der Waals surface area contributed by atoms with Crippen LogP contribution in [0.5, 0.6) is 0 Å². The zero-order chi connectivity index (χ0) is 11.3. The molecule has 3 unspecified atom stereocenters. The summed E-state index contributed by atoms with van der Waals surface area (Å²) in [5.74, 6) is 0.730. The average molecular weight is 211 g/mol. The summed E-state index contributed by atoms with van der Waals surface area (Å²) in [4.78, 5) is 2.45. The van der Waals surface area contributed by atoms with E-state index >= 15 is 0 Å². The van der Waals surface area contributed by atoms with Crippen molar-refractivity contribution in [3.8, 4) is 0 Å². The molecule has 2 nitrogen and oxygen atoms in total. The second-order valence-corrected chi connectivity index (χ2v) is 5.85. The Morgan fingerprint density at radius 3 is 2.20 bits per heavy atom. The molecule has 2 heteroatoms. The number of likely N-dealkylation sites (N-methyl/N-ethyl adjacent to an activating group) is 1. The molecule has 0 saturated heterocycles. The minimum atomic E-state index is -0.427. The number of hydrogen-bond acceptors (Lipinski definition) is 2. The van der Waals surface area contributed by atoms with Gasteiger partial charge in [0.2, 0.25) is 0 Å². The maximum absolute atomic E-state index is 10.9. The third-order valence-corrected chi connectivity index (χ3v) is 5.32. The molecule has 2 aliphatic rings. The number of rotatable bonds is 3. The van der Waals surface area contributed by atoms with Gasteiger partial charge >= 0.3 is 0 Å². The standard InChI is InChI=1S/C13H25NO/c1-5-14(6-2)11-9-10-7-8-13(11,15)12(10,3)4/h10-11,15H,5-9H2,1-4H3. The van der Waals surface area contributed by atoms with Crippen LogP contribution in [-0.4, -0.2) is 34.7 Å². The second-order valence-electron chi connectivity index (χ2n) is 5.85. The lowest BCUT2D eigenvalue weighted by atomic mass is 9.77. The largest absolute Gasteiger partial charge is 0.388 e. The first-order valence-electron chi connectivity index (χ1n) is 6.43. The van der Waals surface area contributed by atoms with E-state index in [9.17, 15) is 5.11 Å². The minimum Gasteiger partial charge on any atom is -0.388 e. The van der Waals surface area contributed by atoms with Crippen molar-refractivity contribution in [3.05, 3.63) is 0 Å². The topological polar surface area (TPSA) is 23.5 Å². The van der Waals surface area contributed by atoms with E-state index in [4.69, 9.17) is 0 Å². The number of nitrogens with zero attached hydrogens (tertiary/aromatic N) is 1. The van der Waals surface area contributed by atoms with E-state index in [2.05, 4.69) is 32.6 Å². The van der Waals surface area contributed by atoms with Gasteiger partial charge in [-0.1, -0.05) is 27.7 Å². The fourth-order valence-corrected chi connectivity index (χ4v) is 4.02. The van der Waals surface area contributed by atoms with E-state index in [1.165, 1.54) is 12.8 Å². The first-order valence-corrected chi connectivity index (χ1v) is 6.43. The van der Waals surface area contributed by atoms with E-state index in [1.807, 2.05) is 0 Å². The predicted molar refractivity (Wildman–Crippen MR) is 62.8 cm³/mol. The molecule has 2 rings (SSSR count). The highest BCUT2D eigenvalue weighted by atomic mass is 16.3. The van der Waals surface area contributed by atoms with Crippen LogP contribution in [0.1, 0.15) is 47.0 Å². The summed E-state index contributed by atoms with van der Waals surface area (Å²) in [6.45, 7) is 11.0. The maximum Gasteiger partial charge on any atom is 0.0855 e. The third kappa shape index (κ3) is 1.31. The molecule has 2 bridgehead atoms. The molecule has 2 aliphatic carbocycles. The molecule has 1 N–H and O–H groups in total. The van der Waals surface area contributed by atoms with Crippen LogP contribution in [0.25, 0.3) is 0 Å². The van der Waals surface area contributed by atoms with E-state index in [1.54, 1.807) is 0 Å². The van der Waals surface area contributed by atoms with Crippen LogP contribution in [0.3, 0.4) is 0 Å². The summed E-state index contributed by atoms with van der Waals surface area (Å²) in [6, 6.07) is 0.404. The third-order valence-electron chi connectivity index (χ3n) is 5.32.